The molecule has 0 radical (unpaired) electrons. The molecular weight excluding hydrogens is 178 g/mol. The van der Waals surface area contributed by atoms with Gasteiger partial charge in [0.25, 0.3) is 5.71 Å². The summed E-state index contributed by atoms with van der Waals surface area (Å²) in [6, 6.07) is 3.75. The molecule has 0 rings (SSSR count). The van der Waals surface area contributed by atoms with Crippen LogP contribution < -0.4 is 0 Å². The Balaban J connectivity index is 5.55. The van der Waals surface area contributed by atoms with Crippen LogP contribution in [0.2, 0.25) is 0 Å². The van der Waals surface area contributed by atoms with E-state index in [1.807, 2.05) is 12.1 Å². The van der Waals surface area contributed by atoms with Crippen molar-refractivity contribution in [1.82, 2.24) is 0 Å². The van der Waals surface area contributed by atoms with Gasteiger partial charge in [0.1, 0.15) is 5.41 Å². The molecule has 4 heteroatoms. The highest BCUT2D eigenvalue weighted by Crippen LogP contribution is 2.18. The van der Waals surface area contributed by atoms with Gasteiger partial charge in [-0.3, -0.25) is 0 Å². The van der Waals surface area contributed by atoms with E-state index in [0.29, 0.717) is 4.74 Å². The Morgan fingerprint density at radius 2 is 1.57 bits per heavy atom. The summed E-state index contributed by atoms with van der Waals surface area (Å²) in [5.41, 5.74) is -1.78. The van der Waals surface area contributed by atoms with E-state index in [4.69, 9.17) is 10.5 Å². The molecule has 0 aromatic rings. The second kappa shape index (κ2) is 3.67. The Labute approximate surface area is 84.7 Å². The zero-order valence-corrected chi connectivity index (χ0v) is 9.25. The summed E-state index contributed by atoms with van der Waals surface area (Å²) in [7, 11) is 0. The van der Waals surface area contributed by atoms with E-state index >= 15 is 0 Å². The summed E-state index contributed by atoms with van der Waals surface area (Å²) in [6.07, 6.45) is 0. The van der Waals surface area contributed by atoms with Gasteiger partial charge in [0, 0.05) is 20.8 Å². The van der Waals surface area contributed by atoms with Crippen molar-refractivity contribution in [2.45, 2.75) is 40.2 Å². The van der Waals surface area contributed by atoms with Crippen LogP contribution in [-0.2, 0) is 0 Å². The largest absolute Gasteiger partial charge is 0.623 e. The van der Waals surface area contributed by atoms with Crippen LogP contribution in [0.5, 0.6) is 0 Å². The maximum absolute atomic E-state index is 11.7. The first kappa shape index (κ1) is 12.4. The average molecular weight is 193 g/mol. The third-order valence-electron chi connectivity index (χ3n) is 1.79. The van der Waals surface area contributed by atoms with E-state index in [-0.39, 0.29) is 5.71 Å². The molecule has 0 aromatic heterocycles. The monoisotopic (exact) mass is 193 g/mol. The molecule has 0 unspecified atom stereocenters. The minimum Gasteiger partial charge on any atom is -0.623 e. The third kappa shape index (κ3) is 2.47. The van der Waals surface area contributed by atoms with Crippen molar-refractivity contribution in [2.24, 2.45) is 5.41 Å². The molecule has 0 aliphatic heterocycles. The Bertz CT molecular complexity index is 334. The zero-order valence-electron chi connectivity index (χ0n) is 9.25. The standard InChI is InChI=1S/C10H15N3O/c1-9(2,3)13(14)8(6-11)10(4,5)7-12/h1-5H3/b13-8-. The average Bonchev–Trinajstić information content (AvgIpc) is 2.03. The van der Waals surface area contributed by atoms with Crippen molar-refractivity contribution in [3.05, 3.63) is 5.21 Å². The molecule has 0 bridgehead atoms. The van der Waals surface area contributed by atoms with Crippen LogP contribution in [0.3, 0.4) is 0 Å². The summed E-state index contributed by atoms with van der Waals surface area (Å²) >= 11 is 0. The number of nitrogens with zero attached hydrogens (tertiary/aromatic N) is 3. The summed E-state index contributed by atoms with van der Waals surface area (Å²) in [5, 5.41) is 29.4. The molecule has 0 atom stereocenters. The zero-order chi connectivity index (χ0) is 11.6. The van der Waals surface area contributed by atoms with Gasteiger partial charge in [-0.1, -0.05) is 0 Å². The molecule has 0 aliphatic rings. The lowest BCUT2D eigenvalue weighted by molar-refractivity contribution is -0.537. The first-order chi connectivity index (χ1) is 6.16. The fourth-order valence-electron chi connectivity index (χ4n) is 0.827. The van der Waals surface area contributed by atoms with Gasteiger partial charge in [-0.25, -0.2) is 0 Å². The lowest BCUT2D eigenvalue weighted by Gasteiger charge is -2.23. The van der Waals surface area contributed by atoms with Gasteiger partial charge in [-0.05, 0) is 13.8 Å². The number of hydrogen-bond donors (Lipinski definition) is 0. The van der Waals surface area contributed by atoms with Gasteiger partial charge < -0.3 is 5.21 Å². The Morgan fingerprint density at radius 3 is 1.79 bits per heavy atom. The van der Waals surface area contributed by atoms with Crippen LogP contribution in [-0.4, -0.2) is 16.0 Å². The number of rotatable bonds is 1. The maximum Gasteiger partial charge on any atom is 0.285 e. The highest BCUT2D eigenvalue weighted by atomic mass is 16.5. The molecule has 76 valence electrons. The summed E-state index contributed by atoms with van der Waals surface area (Å²) < 4.78 is 0.607. The first-order valence-electron chi connectivity index (χ1n) is 4.33. The van der Waals surface area contributed by atoms with Gasteiger partial charge in [0.05, 0.1) is 6.07 Å². The molecule has 0 spiro atoms. The quantitative estimate of drug-likeness (QED) is 0.276. The highest BCUT2D eigenvalue weighted by molar-refractivity contribution is 6.00. The summed E-state index contributed by atoms with van der Waals surface area (Å²) in [4.78, 5) is 0. The van der Waals surface area contributed by atoms with Crippen LogP contribution in [0.25, 0.3) is 0 Å². The molecule has 0 N–H and O–H groups in total. The van der Waals surface area contributed by atoms with Crippen LogP contribution in [0.1, 0.15) is 34.6 Å². The van der Waals surface area contributed by atoms with E-state index in [9.17, 15) is 5.21 Å². The minimum atomic E-state index is -1.04. The van der Waals surface area contributed by atoms with Crippen LogP contribution in [0.4, 0.5) is 0 Å². The van der Waals surface area contributed by atoms with E-state index < -0.39 is 11.0 Å². The topological polar surface area (TPSA) is 73.6 Å². The fraction of sp³-hybridized carbons (Fsp3) is 0.700. The van der Waals surface area contributed by atoms with E-state index in [0.717, 1.165) is 0 Å². The molecule has 0 fully saturated rings. The molecule has 0 heterocycles. The molecule has 0 amide bonds. The molecule has 0 aromatic carbocycles. The van der Waals surface area contributed by atoms with Gasteiger partial charge in [0.15, 0.2) is 11.6 Å². The van der Waals surface area contributed by atoms with E-state index in [2.05, 4.69) is 0 Å². The molecule has 14 heavy (non-hydrogen) atoms. The smallest absolute Gasteiger partial charge is 0.285 e. The first-order valence-corrected chi connectivity index (χ1v) is 4.33. The van der Waals surface area contributed by atoms with E-state index in [1.54, 1.807) is 34.6 Å². The van der Waals surface area contributed by atoms with Gasteiger partial charge in [-0.2, -0.15) is 15.3 Å². The number of hydroxylamine groups is 1. The van der Waals surface area contributed by atoms with Crippen molar-refractivity contribution < 1.29 is 4.74 Å². The molecule has 4 nitrogen and oxygen atoms in total. The fourth-order valence-corrected chi connectivity index (χ4v) is 0.827. The van der Waals surface area contributed by atoms with Crippen LogP contribution in [0, 0.1) is 33.3 Å². The van der Waals surface area contributed by atoms with Gasteiger partial charge in [0.2, 0.25) is 0 Å². The number of nitriles is 2. The minimum absolute atomic E-state index is 0.0486. The third-order valence-corrected chi connectivity index (χ3v) is 1.79. The Hall–Kier alpha value is -1.55. The van der Waals surface area contributed by atoms with Crippen molar-refractivity contribution in [2.75, 3.05) is 0 Å². The van der Waals surface area contributed by atoms with Crippen molar-refractivity contribution in [3.8, 4) is 12.1 Å². The van der Waals surface area contributed by atoms with E-state index in [1.165, 1.54) is 0 Å². The van der Waals surface area contributed by atoms with Crippen molar-refractivity contribution >= 4 is 5.71 Å². The van der Waals surface area contributed by atoms with Gasteiger partial charge in [-0.15, -0.1) is 0 Å². The SMILES string of the molecule is CC(C)(C#N)/C(C#N)=[N+](\[O-])C(C)(C)C. The van der Waals surface area contributed by atoms with Crippen LogP contribution in [0.15, 0.2) is 0 Å². The summed E-state index contributed by atoms with van der Waals surface area (Å²) in [5.74, 6) is 0. The molecule has 0 aliphatic carbocycles. The van der Waals surface area contributed by atoms with Crippen LogP contribution >= 0.6 is 0 Å². The lowest BCUT2D eigenvalue weighted by Crippen LogP contribution is -2.38. The molecular formula is C10H15N3O. The second-order valence-corrected chi connectivity index (χ2v) is 4.66. The van der Waals surface area contributed by atoms with Gasteiger partial charge >= 0.3 is 0 Å². The summed E-state index contributed by atoms with van der Waals surface area (Å²) in [6.45, 7) is 8.21. The normalized spacial score (nSPS) is 13.9. The molecule has 0 saturated heterocycles. The second-order valence-electron chi connectivity index (χ2n) is 4.66. The lowest BCUT2D eigenvalue weighted by atomic mass is 9.89. The number of hydrogen-bond acceptors (Lipinski definition) is 3. The Morgan fingerprint density at radius 1 is 1.14 bits per heavy atom. The highest BCUT2D eigenvalue weighted by Gasteiger charge is 2.35. The predicted octanol–water partition coefficient (Wildman–Crippen LogP) is 1.81. The van der Waals surface area contributed by atoms with Crippen molar-refractivity contribution in [1.29, 1.82) is 10.5 Å². The maximum atomic E-state index is 11.7. The Kier molecular flexibility index (Phi) is 3.27. The predicted molar refractivity (Wildman–Crippen MR) is 53.4 cm³/mol. The van der Waals surface area contributed by atoms with Crippen molar-refractivity contribution in [3.63, 3.8) is 0 Å². The molecule has 0 saturated carbocycles.